The number of methoxy groups -OCH3 is 2. The van der Waals surface area contributed by atoms with Crippen molar-refractivity contribution in [2.75, 3.05) is 14.2 Å². The second kappa shape index (κ2) is 6.25. The lowest BCUT2D eigenvalue weighted by Gasteiger charge is -2.07. The Morgan fingerprint density at radius 3 is 2.62 bits per heavy atom. The molecule has 1 heterocycles. The summed E-state index contributed by atoms with van der Waals surface area (Å²) in [5, 5.41) is 0. The van der Waals surface area contributed by atoms with E-state index in [-0.39, 0.29) is 29.4 Å². The molecule has 0 aliphatic rings. The van der Waals surface area contributed by atoms with E-state index in [2.05, 4.69) is 9.97 Å². The van der Waals surface area contributed by atoms with Crippen LogP contribution >= 0.6 is 0 Å². The summed E-state index contributed by atoms with van der Waals surface area (Å²) in [6.45, 7) is 0. The molecule has 0 aliphatic carbocycles. The quantitative estimate of drug-likeness (QED) is 0.791. The van der Waals surface area contributed by atoms with Gasteiger partial charge in [0.1, 0.15) is 11.6 Å². The summed E-state index contributed by atoms with van der Waals surface area (Å²) < 4.78 is 36.2. The maximum Gasteiger partial charge on any atom is 0.246 e. The van der Waals surface area contributed by atoms with Gasteiger partial charge < -0.3 is 9.47 Å². The van der Waals surface area contributed by atoms with Crippen molar-refractivity contribution in [3.05, 3.63) is 47.3 Å². The molecule has 0 radical (unpaired) electrons. The second-order valence-electron chi connectivity index (χ2n) is 4.11. The Bertz CT molecular complexity index is 677. The average molecular weight is 294 g/mol. The summed E-state index contributed by atoms with van der Waals surface area (Å²) in [6.07, 6.45) is 0.986. The zero-order valence-corrected chi connectivity index (χ0v) is 11.4. The molecule has 1 aromatic heterocycles. The molecule has 0 aliphatic heterocycles. The fraction of sp³-hybridized carbons (Fsp3) is 0.214. The van der Waals surface area contributed by atoms with Crippen molar-refractivity contribution in [2.45, 2.75) is 6.42 Å². The number of hydrogen-bond donors (Lipinski definition) is 0. The van der Waals surface area contributed by atoms with Crippen LogP contribution in [0.15, 0.2) is 24.4 Å². The van der Waals surface area contributed by atoms with Gasteiger partial charge in [-0.1, -0.05) is 6.07 Å². The molecule has 0 saturated heterocycles. The Hall–Kier alpha value is -2.57. The number of ketones is 1. The highest BCUT2D eigenvalue weighted by atomic mass is 19.1. The van der Waals surface area contributed by atoms with Crippen LogP contribution in [0.5, 0.6) is 11.8 Å². The van der Waals surface area contributed by atoms with Gasteiger partial charge in [-0.15, -0.1) is 0 Å². The molecule has 0 amide bonds. The van der Waals surface area contributed by atoms with Crippen LogP contribution < -0.4 is 9.47 Å². The number of halogens is 2. The second-order valence-corrected chi connectivity index (χ2v) is 4.11. The van der Waals surface area contributed by atoms with Crippen LogP contribution in [-0.2, 0) is 6.42 Å². The van der Waals surface area contributed by atoms with Gasteiger partial charge in [0, 0.05) is 12.5 Å². The molecule has 0 fully saturated rings. The minimum Gasteiger partial charge on any atom is -0.480 e. The van der Waals surface area contributed by atoms with Crippen LogP contribution in [0, 0.1) is 11.6 Å². The van der Waals surface area contributed by atoms with E-state index in [4.69, 9.17) is 9.47 Å². The van der Waals surface area contributed by atoms with Gasteiger partial charge in [-0.2, -0.15) is 4.98 Å². The Morgan fingerprint density at radius 2 is 2.00 bits per heavy atom. The molecule has 0 spiro atoms. The number of ether oxygens (including phenoxy) is 2. The summed E-state index contributed by atoms with van der Waals surface area (Å²) in [5.41, 5.74) is 0.0306. The largest absolute Gasteiger partial charge is 0.480 e. The highest BCUT2D eigenvalue weighted by molar-refractivity contribution is 5.97. The predicted octanol–water partition coefficient (Wildman–Crippen LogP) is 2.20. The minimum absolute atomic E-state index is 0.0122. The summed E-state index contributed by atoms with van der Waals surface area (Å²) in [6, 6.07) is 3.02. The molecule has 1 aromatic carbocycles. The van der Waals surface area contributed by atoms with E-state index in [1.54, 1.807) is 0 Å². The van der Waals surface area contributed by atoms with Crippen LogP contribution in [0.2, 0.25) is 0 Å². The van der Waals surface area contributed by atoms with E-state index in [0.29, 0.717) is 0 Å². The number of carbonyl (C=O) groups is 1. The molecule has 2 rings (SSSR count). The third-order valence-electron chi connectivity index (χ3n) is 2.75. The molecule has 0 saturated carbocycles. The van der Waals surface area contributed by atoms with Crippen LogP contribution in [0.25, 0.3) is 0 Å². The molecule has 21 heavy (non-hydrogen) atoms. The summed E-state index contributed by atoms with van der Waals surface area (Å²) in [7, 11) is 2.73. The lowest BCUT2D eigenvalue weighted by atomic mass is 10.1. The number of nitrogens with zero attached hydrogens (tertiary/aromatic N) is 2. The highest BCUT2D eigenvalue weighted by Crippen LogP contribution is 2.19. The van der Waals surface area contributed by atoms with Gasteiger partial charge >= 0.3 is 0 Å². The fourth-order valence-electron chi connectivity index (χ4n) is 1.71. The minimum atomic E-state index is -0.788. The van der Waals surface area contributed by atoms with E-state index in [0.717, 1.165) is 12.1 Å². The molecule has 110 valence electrons. The van der Waals surface area contributed by atoms with Gasteiger partial charge in [0.25, 0.3) is 0 Å². The third-order valence-corrected chi connectivity index (χ3v) is 2.75. The van der Waals surface area contributed by atoms with E-state index in [1.165, 1.54) is 26.5 Å². The smallest absolute Gasteiger partial charge is 0.246 e. The van der Waals surface area contributed by atoms with Crippen LogP contribution in [0.3, 0.4) is 0 Å². The number of benzene rings is 1. The van der Waals surface area contributed by atoms with Gasteiger partial charge in [-0.25, -0.2) is 13.8 Å². The van der Waals surface area contributed by atoms with Gasteiger partial charge in [-0.3, -0.25) is 4.79 Å². The number of aromatic nitrogens is 2. The van der Waals surface area contributed by atoms with Crippen molar-refractivity contribution in [1.29, 1.82) is 0 Å². The van der Waals surface area contributed by atoms with Gasteiger partial charge in [0.2, 0.25) is 11.8 Å². The zero-order valence-electron chi connectivity index (χ0n) is 11.4. The highest BCUT2D eigenvalue weighted by Gasteiger charge is 2.18. The van der Waals surface area contributed by atoms with Gasteiger partial charge in [0.15, 0.2) is 11.5 Å². The number of hydrogen-bond acceptors (Lipinski definition) is 5. The molecular formula is C14H12F2N2O3. The standard InChI is InChI=1S/C14H12F2N2O3/c1-20-12-7-17-13(14(18-12)21-2)11(19)5-8-3-4-9(15)6-10(8)16/h3-4,6-7H,5H2,1-2H3. The topological polar surface area (TPSA) is 61.3 Å². The first kappa shape index (κ1) is 14.8. The van der Waals surface area contributed by atoms with Crippen LogP contribution in [0.4, 0.5) is 8.78 Å². The van der Waals surface area contributed by atoms with E-state index in [9.17, 15) is 13.6 Å². The van der Waals surface area contributed by atoms with Gasteiger partial charge in [0.05, 0.1) is 20.4 Å². The maximum atomic E-state index is 13.5. The molecular weight excluding hydrogens is 282 g/mol. The first-order chi connectivity index (χ1) is 10.0. The molecule has 0 unspecified atom stereocenters. The zero-order chi connectivity index (χ0) is 15.4. The Morgan fingerprint density at radius 1 is 1.24 bits per heavy atom. The third kappa shape index (κ3) is 3.31. The SMILES string of the molecule is COc1cnc(C(=O)Cc2ccc(F)cc2F)c(OC)n1. The van der Waals surface area contributed by atoms with E-state index >= 15 is 0 Å². The Kier molecular flexibility index (Phi) is 4.42. The van der Waals surface area contributed by atoms with E-state index < -0.39 is 17.4 Å². The molecule has 2 aromatic rings. The van der Waals surface area contributed by atoms with Crippen molar-refractivity contribution in [3.8, 4) is 11.8 Å². The molecule has 0 bridgehead atoms. The average Bonchev–Trinajstić information content (AvgIpc) is 2.49. The lowest BCUT2D eigenvalue weighted by molar-refractivity contribution is 0.0982. The molecule has 0 N–H and O–H groups in total. The van der Waals surface area contributed by atoms with Crippen molar-refractivity contribution in [1.82, 2.24) is 9.97 Å². The van der Waals surface area contributed by atoms with Crippen molar-refractivity contribution >= 4 is 5.78 Å². The van der Waals surface area contributed by atoms with Gasteiger partial charge in [-0.05, 0) is 11.6 Å². The number of rotatable bonds is 5. The summed E-state index contributed by atoms with van der Waals surface area (Å²) in [4.78, 5) is 20.0. The Balaban J connectivity index is 2.28. The maximum absolute atomic E-state index is 13.5. The van der Waals surface area contributed by atoms with Crippen LogP contribution in [-0.4, -0.2) is 30.0 Å². The number of carbonyl (C=O) groups excluding carboxylic acids is 1. The molecule has 0 atom stereocenters. The lowest BCUT2D eigenvalue weighted by Crippen LogP contribution is -2.11. The van der Waals surface area contributed by atoms with Crippen molar-refractivity contribution in [2.24, 2.45) is 0 Å². The predicted molar refractivity (Wildman–Crippen MR) is 69.5 cm³/mol. The number of Topliss-reactive ketones (excluding diaryl/α,β-unsaturated/α-hetero) is 1. The summed E-state index contributed by atoms with van der Waals surface area (Å²) in [5.74, 6) is -1.81. The Labute approximate surface area is 119 Å². The van der Waals surface area contributed by atoms with Crippen molar-refractivity contribution < 1.29 is 23.0 Å². The summed E-state index contributed by atoms with van der Waals surface area (Å²) >= 11 is 0. The molecule has 5 nitrogen and oxygen atoms in total. The molecule has 7 heteroatoms. The first-order valence-electron chi connectivity index (χ1n) is 5.97. The van der Waals surface area contributed by atoms with Crippen LogP contribution in [0.1, 0.15) is 16.1 Å². The normalized spacial score (nSPS) is 10.3. The van der Waals surface area contributed by atoms with Crippen molar-refractivity contribution in [3.63, 3.8) is 0 Å². The first-order valence-corrected chi connectivity index (χ1v) is 5.97. The monoisotopic (exact) mass is 294 g/mol. The fourth-order valence-corrected chi connectivity index (χ4v) is 1.71. The van der Waals surface area contributed by atoms with E-state index in [1.807, 2.05) is 0 Å².